The van der Waals surface area contributed by atoms with Gasteiger partial charge in [0, 0.05) is 28.2 Å². The van der Waals surface area contributed by atoms with Gasteiger partial charge in [-0.3, -0.25) is 9.59 Å². The standard InChI is InChI=1S/C29H29BrN4O5S/c1-39-25-16-13-22(32-29(37)24-19-31-28(33-24)20-8-4-2-5-9-20)18-26(25)40(38)34(17-7-3-6-10-27(35)36)23-14-11-21(30)12-15-23/h2,4-5,8-9,11-16,18-19H,3,6-7,10,17H2,1H3,(H,31,33)(H,32,37)(H,35,36). The number of imidazole rings is 1. The van der Waals surface area contributed by atoms with E-state index in [0.717, 1.165) is 15.7 Å². The van der Waals surface area contributed by atoms with E-state index in [2.05, 4.69) is 31.2 Å². The molecule has 1 aromatic heterocycles. The number of unbranched alkanes of at least 4 members (excludes halogenated alkanes) is 2. The van der Waals surface area contributed by atoms with Gasteiger partial charge in [0.05, 0.1) is 25.5 Å². The molecule has 0 aliphatic carbocycles. The zero-order valence-electron chi connectivity index (χ0n) is 21.8. The number of aromatic amines is 1. The number of nitrogens with one attached hydrogen (secondary N) is 2. The summed E-state index contributed by atoms with van der Waals surface area (Å²) in [5.74, 6) is -0.226. The van der Waals surface area contributed by atoms with E-state index in [4.69, 9.17) is 9.84 Å². The molecule has 1 unspecified atom stereocenters. The number of H-pyrrole nitrogens is 1. The second kappa shape index (κ2) is 14.0. The molecule has 0 spiro atoms. The first-order chi connectivity index (χ1) is 19.4. The van der Waals surface area contributed by atoms with Crippen LogP contribution in [0.15, 0.2) is 88.4 Å². The van der Waals surface area contributed by atoms with Gasteiger partial charge in [-0.05, 0) is 49.2 Å². The van der Waals surface area contributed by atoms with E-state index in [-0.39, 0.29) is 18.0 Å². The van der Waals surface area contributed by atoms with Crippen LogP contribution in [0.4, 0.5) is 11.4 Å². The molecule has 0 saturated heterocycles. The van der Waals surface area contributed by atoms with Gasteiger partial charge >= 0.3 is 5.97 Å². The number of carbonyl (C=O) groups is 2. The summed E-state index contributed by atoms with van der Waals surface area (Å²) >= 11 is 1.75. The molecule has 1 amide bonds. The summed E-state index contributed by atoms with van der Waals surface area (Å²) in [7, 11) is 1.50. The second-order valence-electron chi connectivity index (χ2n) is 8.86. The largest absolute Gasteiger partial charge is 0.588 e. The minimum atomic E-state index is -1.69. The van der Waals surface area contributed by atoms with Gasteiger partial charge in [0.25, 0.3) is 5.91 Å². The number of carboxylic acids is 1. The fourth-order valence-electron chi connectivity index (χ4n) is 4.01. The number of aromatic nitrogens is 2. The molecule has 0 bridgehead atoms. The van der Waals surface area contributed by atoms with E-state index < -0.39 is 17.3 Å². The molecule has 1 atom stereocenters. The van der Waals surface area contributed by atoms with Crippen LogP contribution < -0.4 is 14.4 Å². The fourth-order valence-corrected chi connectivity index (χ4v) is 5.67. The minimum Gasteiger partial charge on any atom is -0.588 e. The zero-order valence-corrected chi connectivity index (χ0v) is 24.2. The number of hydrogen-bond donors (Lipinski definition) is 3. The molecule has 0 fully saturated rings. The molecule has 0 aliphatic rings. The van der Waals surface area contributed by atoms with E-state index in [1.807, 2.05) is 54.6 Å². The zero-order chi connectivity index (χ0) is 28.5. The summed E-state index contributed by atoms with van der Waals surface area (Å²) in [6.45, 7) is 0.435. The lowest BCUT2D eigenvalue weighted by molar-refractivity contribution is -0.137. The van der Waals surface area contributed by atoms with Crippen LogP contribution in [0, 0.1) is 0 Å². The Hall–Kier alpha value is -3.80. The van der Waals surface area contributed by atoms with Crippen LogP contribution in [0.25, 0.3) is 11.4 Å². The molecule has 9 nitrogen and oxygen atoms in total. The maximum atomic E-state index is 14.0. The van der Waals surface area contributed by atoms with Crippen LogP contribution in [0.2, 0.25) is 0 Å². The quantitative estimate of drug-likeness (QED) is 0.118. The summed E-state index contributed by atoms with van der Waals surface area (Å²) in [4.78, 5) is 31.6. The number of hydrogen-bond acceptors (Lipinski definition) is 6. The summed E-state index contributed by atoms with van der Waals surface area (Å²) in [6.07, 6.45) is 3.44. The van der Waals surface area contributed by atoms with Gasteiger partial charge in [0.15, 0.2) is 5.75 Å². The number of methoxy groups -OCH3 is 1. The number of carboxylic acid groups (broad SMARTS) is 1. The van der Waals surface area contributed by atoms with Crippen LogP contribution >= 0.6 is 15.9 Å². The average molecular weight is 626 g/mol. The molecule has 0 aliphatic heterocycles. The molecule has 0 saturated carbocycles. The molecule has 4 rings (SSSR count). The number of carbonyl (C=O) groups excluding carboxylic acids is 1. The van der Waals surface area contributed by atoms with Crippen molar-refractivity contribution in [2.24, 2.45) is 0 Å². The van der Waals surface area contributed by atoms with Crippen LogP contribution in [0.1, 0.15) is 36.2 Å². The topological polar surface area (TPSA) is 131 Å². The van der Waals surface area contributed by atoms with E-state index in [9.17, 15) is 14.1 Å². The molecule has 0 radical (unpaired) electrons. The average Bonchev–Trinajstić information content (AvgIpc) is 3.46. The number of benzene rings is 3. The Bertz CT molecular complexity index is 1430. The van der Waals surface area contributed by atoms with Gasteiger partial charge < -0.3 is 24.7 Å². The third-order valence-electron chi connectivity index (χ3n) is 6.04. The van der Waals surface area contributed by atoms with Crippen molar-refractivity contribution in [3.8, 4) is 17.1 Å². The summed E-state index contributed by atoms with van der Waals surface area (Å²) in [5.41, 5.74) is 2.33. The highest BCUT2D eigenvalue weighted by Gasteiger charge is 2.28. The molecular formula is C29H29BrN4O5S. The Labute approximate surface area is 244 Å². The highest BCUT2D eigenvalue weighted by Crippen LogP contribution is 2.33. The lowest BCUT2D eigenvalue weighted by Crippen LogP contribution is -2.32. The number of ether oxygens (including phenoxy) is 1. The first-order valence-corrected chi connectivity index (χ1v) is 14.5. The number of anilines is 2. The van der Waals surface area contributed by atoms with Crippen LogP contribution in [-0.4, -0.2) is 45.2 Å². The Morgan fingerprint density at radius 1 is 1.07 bits per heavy atom. The van der Waals surface area contributed by atoms with Gasteiger partial charge in [-0.15, -0.1) is 0 Å². The van der Waals surface area contributed by atoms with Crippen LogP contribution in [0.3, 0.4) is 0 Å². The first-order valence-electron chi connectivity index (χ1n) is 12.6. The lowest BCUT2D eigenvalue weighted by Gasteiger charge is -2.27. The molecule has 3 N–H and O–H groups in total. The fraction of sp³-hybridized carbons (Fsp3) is 0.207. The van der Waals surface area contributed by atoms with E-state index in [1.165, 1.54) is 13.3 Å². The van der Waals surface area contributed by atoms with Crippen molar-refractivity contribution in [3.05, 3.63) is 89.2 Å². The number of amides is 1. The van der Waals surface area contributed by atoms with Gasteiger partial charge in [0.2, 0.25) is 4.90 Å². The lowest BCUT2D eigenvalue weighted by atomic mass is 10.2. The Balaban J connectivity index is 1.54. The molecule has 4 aromatic rings. The minimum absolute atomic E-state index is 0.0973. The number of halogens is 1. The highest BCUT2D eigenvalue weighted by molar-refractivity contribution is 9.10. The van der Waals surface area contributed by atoms with E-state index in [1.54, 1.807) is 22.5 Å². The van der Waals surface area contributed by atoms with E-state index in [0.29, 0.717) is 48.0 Å². The van der Waals surface area contributed by atoms with Crippen molar-refractivity contribution in [3.63, 3.8) is 0 Å². The van der Waals surface area contributed by atoms with Crippen molar-refractivity contribution in [2.45, 2.75) is 30.6 Å². The van der Waals surface area contributed by atoms with Gasteiger partial charge in [-0.2, -0.15) is 4.31 Å². The van der Waals surface area contributed by atoms with Crippen molar-refractivity contribution in [2.75, 3.05) is 23.3 Å². The van der Waals surface area contributed by atoms with Gasteiger partial charge in [-0.25, -0.2) is 4.98 Å². The summed E-state index contributed by atoms with van der Waals surface area (Å²) in [5, 5.41) is 11.8. The number of nitrogens with zero attached hydrogens (tertiary/aromatic N) is 2. The molecule has 40 heavy (non-hydrogen) atoms. The van der Waals surface area contributed by atoms with Crippen molar-refractivity contribution in [1.29, 1.82) is 0 Å². The van der Waals surface area contributed by atoms with Crippen molar-refractivity contribution >= 4 is 50.5 Å². The molecule has 11 heteroatoms. The smallest absolute Gasteiger partial charge is 0.303 e. The first kappa shape index (κ1) is 29.2. The molecule has 1 heterocycles. The van der Waals surface area contributed by atoms with Crippen LogP contribution in [-0.2, 0) is 16.2 Å². The van der Waals surface area contributed by atoms with Gasteiger partial charge in [-0.1, -0.05) is 52.7 Å². The highest BCUT2D eigenvalue weighted by atomic mass is 79.9. The third kappa shape index (κ3) is 7.65. The molecule has 208 valence electrons. The van der Waals surface area contributed by atoms with Crippen molar-refractivity contribution < 1.29 is 24.0 Å². The number of aliphatic carboxylic acids is 1. The SMILES string of the molecule is COc1ccc(NC(=O)c2cnc(-c3ccccc3)[nH]2)cc1[S+]([O-])N(CCCCCC(=O)O)c1ccc(Br)cc1. The summed E-state index contributed by atoms with van der Waals surface area (Å²) < 4.78 is 22.1. The third-order valence-corrected chi connectivity index (χ3v) is 8.06. The van der Waals surface area contributed by atoms with E-state index >= 15 is 0 Å². The Morgan fingerprint density at radius 3 is 2.52 bits per heavy atom. The second-order valence-corrected chi connectivity index (χ2v) is 11.2. The van der Waals surface area contributed by atoms with Gasteiger partial charge in [0.1, 0.15) is 22.9 Å². The molecule has 3 aromatic carbocycles. The summed E-state index contributed by atoms with van der Waals surface area (Å²) in [6, 6.07) is 21.9. The predicted octanol–water partition coefficient (Wildman–Crippen LogP) is 6.27. The number of rotatable bonds is 13. The monoisotopic (exact) mass is 624 g/mol. The predicted molar refractivity (Wildman–Crippen MR) is 159 cm³/mol. The molecular weight excluding hydrogens is 596 g/mol. The maximum absolute atomic E-state index is 14.0. The normalized spacial score (nSPS) is 11.6. The van der Waals surface area contributed by atoms with Crippen molar-refractivity contribution in [1.82, 2.24) is 9.97 Å². The Morgan fingerprint density at radius 2 is 1.82 bits per heavy atom. The Kier molecular flexibility index (Phi) is 10.2. The van der Waals surface area contributed by atoms with Crippen LogP contribution in [0.5, 0.6) is 5.75 Å². The maximum Gasteiger partial charge on any atom is 0.303 e.